The van der Waals surface area contributed by atoms with Gasteiger partial charge in [-0.2, -0.15) is 0 Å². The highest BCUT2D eigenvalue weighted by molar-refractivity contribution is 6.36. The molecule has 0 bridgehead atoms. The molecule has 1 N–H and O–H groups in total. The van der Waals surface area contributed by atoms with Crippen molar-refractivity contribution in [2.75, 3.05) is 19.5 Å². The van der Waals surface area contributed by atoms with Gasteiger partial charge in [0, 0.05) is 16.0 Å². The highest BCUT2D eigenvalue weighted by Gasteiger charge is 2.16. The van der Waals surface area contributed by atoms with E-state index in [1.807, 2.05) is 36.4 Å². The molecule has 0 radical (unpaired) electrons. The quantitative estimate of drug-likeness (QED) is 0.376. The van der Waals surface area contributed by atoms with Crippen LogP contribution in [0.2, 0.25) is 10.0 Å². The van der Waals surface area contributed by atoms with E-state index in [-0.39, 0.29) is 5.91 Å². The third-order valence-corrected chi connectivity index (χ3v) is 5.38. The normalized spacial score (nSPS) is 10.7. The van der Waals surface area contributed by atoms with Crippen LogP contribution in [0.15, 0.2) is 66.7 Å². The summed E-state index contributed by atoms with van der Waals surface area (Å²) in [6.07, 6.45) is 0. The molecule has 0 aliphatic heterocycles. The van der Waals surface area contributed by atoms with Gasteiger partial charge in [0.25, 0.3) is 5.91 Å². The number of para-hydroxylation sites is 1. The maximum atomic E-state index is 13.2. The average Bonchev–Trinajstić information content (AvgIpc) is 2.80. The molecule has 0 atom stereocenters. The maximum absolute atomic E-state index is 13.2. The van der Waals surface area contributed by atoms with E-state index < -0.39 is 0 Å². The fourth-order valence-corrected chi connectivity index (χ4v) is 3.63. The van der Waals surface area contributed by atoms with Crippen LogP contribution in [0.25, 0.3) is 22.2 Å². The number of pyridine rings is 1. The SMILES string of the molecule is COc1ccc(-c2cc(C(=O)Nc3cc(Cl)ccc3Cl)c3ccccc3n2)cc1OC. The molecule has 0 spiro atoms. The molecule has 0 fully saturated rings. The van der Waals surface area contributed by atoms with E-state index in [4.69, 9.17) is 37.7 Å². The number of methoxy groups -OCH3 is 2. The van der Waals surface area contributed by atoms with Gasteiger partial charge in [0.1, 0.15) is 0 Å². The molecule has 0 unspecified atom stereocenters. The van der Waals surface area contributed by atoms with Crippen LogP contribution in [0.3, 0.4) is 0 Å². The van der Waals surface area contributed by atoms with Gasteiger partial charge in [0.2, 0.25) is 0 Å². The van der Waals surface area contributed by atoms with Crippen molar-refractivity contribution in [3.05, 3.63) is 82.3 Å². The van der Waals surface area contributed by atoms with E-state index in [1.165, 1.54) is 0 Å². The first-order chi connectivity index (χ1) is 15.0. The van der Waals surface area contributed by atoms with Crippen LogP contribution >= 0.6 is 23.2 Å². The number of carbonyl (C=O) groups is 1. The number of halogens is 2. The Balaban J connectivity index is 1.82. The lowest BCUT2D eigenvalue weighted by molar-refractivity contribution is 0.102. The lowest BCUT2D eigenvalue weighted by Gasteiger charge is -2.13. The molecule has 1 amide bonds. The van der Waals surface area contributed by atoms with Crippen molar-refractivity contribution in [1.82, 2.24) is 4.98 Å². The van der Waals surface area contributed by atoms with E-state index in [1.54, 1.807) is 44.6 Å². The summed E-state index contributed by atoms with van der Waals surface area (Å²) in [4.78, 5) is 17.9. The first kappa shape index (κ1) is 21.0. The molecule has 156 valence electrons. The van der Waals surface area contributed by atoms with Gasteiger partial charge < -0.3 is 14.8 Å². The first-order valence-corrected chi connectivity index (χ1v) is 10.1. The topological polar surface area (TPSA) is 60.5 Å². The number of anilines is 1. The van der Waals surface area contributed by atoms with Crippen LogP contribution in [0.4, 0.5) is 5.69 Å². The third kappa shape index (κ3) is 4.29. The van der Waals surface area contributed by atoms with Crippen molar-refractivity contribution >= 4 is 45.7 Å². The summed E-state index contributed by atoms with van der Waals surface area (Å²) in [5.74, 6) is 0.872. The van der Waals surface area contributed by atoms with Gasteiger partial charge in [-0.1, -0.05) is 41.4 Å². The minimum absolute atomic E-state index is 0.315. The number of nitrogens with one attached hydrogen (secondary N) is 1. The largest absolute Gasteiger partial charge is 0.493 e. The van der Waals surface area contributed by atoms with Gasteiger partial charge >= 0.3 is 0 Å². The van der Waals surface area contributed by atoms with E-state index in [0.29, 0.717) is 44.0 Å². The Labute approximate surface area is 189 Å². The molecule has 0 aliphatic carbocycles. The van der Waals surface area contributed by atoms with Gasteiger partial charge in [-0.15, -0.1) is 0 Å². The Hall–Kier alpha value is -3.28. The van der Waals surface area contributed by atoms with Gasteiger partial charge in [-0.25, -0.2) is 4.98 Å². The monoisotopic (exact) mass is 452 g/mol. The summed E-state index contributed by atoms with van der Waals surface area (Å²) in [7, 11) is 3.15. The molecule has 5 nitrogen and oxygen atoms in total. The minimum atomic E-state index is -0.315. The highest BCUT2D eigenvalue weighted by Crippen LogP contribution is 2.33. The number of hydrogen-bond donors (Lipinski definition) is 1. The summed E-state index contributed by atoms with van der Waals surface area (Å²) < 4.78 is 10.7. The fraction of sp³-hybridized carbons (Fsp3) is 0.0833. The Morgan fingerprint density at radius 1 is 0.903 bits per heavy atom. The zero-order valence-electron chi connectivity index (χ0n) is 16.8. The molecule has 0 saturated heterocycles. The Bertz CT molecular complexity index is 1290. The summed E-state index contributed by atoms with van der Waals surface area (Å²) in [5, 5.41) is 4.45. The second-order valence-corrected chi connectivity index (χ2v) is 7.56. The number of fused-ring (bicyclic) bond motifs is 1. The average molecular weight is 453 g/mol. The van der Waals surface area contributed by atoms with Crippen molar-refractivity contribution in [2.24, 2.45) is 0 Å². The van der Waals surface area contributed by atoms with Crippen LogP contribution in [0, 0.1) is 0 Å². The van der Waals surface area contributed by atoms with Gasteiger partial charge in [-0.3, -0.25) is 4.79 Å². The third-order valence-electron chi connectivity index (χ3n) is 4.82. The number of hydrogen-bond acceptors (Lipinski definition) is 4. The van der Waals surface area contributed by atoms with E-state index >= 15 is 0 Å². The number of carbonyl (C=O) groups excluding carboxylic acids is 1. The minimum Gasteiger partial charge on any atom is -0.493 e. The predicted molar refractivity (Wildman–Crippen MR) is 125 cm³/mol. The summed E-state index contributed by atoms with van der Waals surface area (Å²) in [6.45, 7) is 0. The Morgan fingerprint density at radius 3 is 2.45 bits per heavy atom. The zero-order valence-corrected chi connectivity index (χ0v) is 18.3. The molecule has 0 aliphatic rings. The molecule has 3 aromatic carbocycles. The first-order valence-electron chi connectivity index (χ1n) is 9.38. The number of nitrogens with zero attached hydrogens (tertiary/aromatic N) is 1. The smallest absolute Gasteiger partial charge is 0.256 e. The number of aromatic nitrogens is 1. The van der Waals surface area contributed by atoms with E-state index in [9.17, 15) is 4.79 Å². The number of benzene rings is 3. The summed E-state index contributed by atoms with van der Waals surface area (Å²) in [6, 6.07) is 19.6. The second-order valence-electron chi connectivity index (χ2n) is 6.72. The number of amides is 1. The molecule has 7 heteroatoms. The van der Waals surface area contributed by atoms with Crippen LogP contribution < -0.4 is 14.8 Å². The Kier molecular flexibility index (Phi) is 5.98. The number of rotatable bonds is 5. The summed E-state index contributed by atoms with van der Waals surface area (Å²) >= 11 is 12.3. The van der Waals surface area contributed by atoms with Crippen LogP contribution in [0.5, 0.6) is 11.5 Å². The van der Waals surface area contributed by atoms with Crippen LogP contribution in [0.1, 0.15) is 10.4 Å². The second kappa shape index (κ2) is 8.84. The lowest BCUT2D eigenvalue weighted by Crippen LogP contribution is -2.13. The molecular formula is C24H18Cl2N2O3. The van der Waals surface area contributed by atoms with Crippen LogP contribution in [-0.2, 0) is 0 Å². The van der Waals surface area contributed by atoms with Gasteiger partial charge in [-0.05, 0) is 48.5 Å². The van der Waals surface area contributed by atoms with Crippen molar-refractivity contribution < 1.29 is 14.3 Å². The molecule has 1 aromatic heterocycles. The molecule has 4 rings (SSSR count). The summed E-state index contributed by atoms with van der Waals surface area (Å²) in [5.41, 5.74) is 3.01. The van der Waals surface area contributed by atoms with E-state index in [0.717, 1.165) is 10.9 Å². The molecular weight excluding hydrogens is 435 g/mol. The molecule has 1 heterocycles. The van der Waals surface area contributed by atoms with Crippen LogP contribution in [-0.4, -0.2) is 25.1 Å². The maximum Gasteiger partial charge on any atom is 0.256 e. The fourth-order valence-electron chi connectivity index (χ4n) is 3.29. The van der Waals surface area contributed by atoms with Crippen molar-refractivity contribution in [2.45, 2.75) is 0 Å². The highest BCUT2D eigenvalue weighted by atomic mass is 35.5. The lowest BCUT2D eigenvalue weighted by atomic mass is 10.0. The molecule has 31 heavy (non-hydrogen) atoms. The van der Waals surface area contributed by atoms with Crippen molar-refractivity contribution in [3.63, 3.8) is 0 Å². The van der Waals surface area contributed by atoms with Crippen molar-refractivity contribution in [3.8, 4) is 22.8 Å². The van der Waals surface area contributed by atoms with Gasteiger partial charge in [0.15, 0.2) is 11.5 Å². The standard InChI is InChI=1S/C24H18Cl2N2O3/c1-30-22-10-7-14(11-23(22)31-2)20-13-17(16-5-3-4-6-19(16)27-20)24(29)28-21-12-15(25)8-9-18(21)26/h3-13H,1-2H3,(H,28,29). The molecule has 0 saturated carbocycles. The number of ether oxygens (including phenoxy) is 2. The van der Waals surface area contributed by atoms with E-state index in [2.05, 4.69) is 5.32 Å². The molecule has 4 aromatic rings. The Morgan fingerprint density at radius 2 is 1.68 bits per heavy atom. The predicted octanol–water partition coefficient (Wildman–Crippen LogP) is 6.48. The van der Waals surface area contributed by atoms with Crippen molar-refractivity contribution in [1.29, 1.82) is 0 Å². The zero-order chi connectivity index (χ0) is 22.0. The van der Waals surface area contributed by atoms with Gasteiger partial charge in [0.05, 0.1) is 41.7 Å².